The summed E-state index contributed by atoms with van der Waals surface area (Å²) in [5, 5.41) is 3.47. The van der Waals surface area contributed by atoms with E-state index in [9.17, 15) is 0 Å². The molecule has 0 aromatic heterocycles. The van der Waals surface area contributed by atoms with Gasteiger partial charge in [-0.1, -0.05) is 24.3 Å². The molecule has 0 radical (unpaired) electrons. The van der Waals surface area contributed by atoms with E-state index in [1.165, 1.54) is 24.0 Å². The molecule has 2 fully saturated rings. The lowest BCUT2D eigenvalue weighted by Gasteiger charge is -2.33. The molecule has 0 spiro atoms. The van der Waals surface area contributed by atoms with Crippen LogP contribution in [0.5, 0.6) is 0 Å². The monoisotopic (exact) mass is 216 g/mol. The summed E-state index contributed by atoms with van der Waals surface area (Å²) in [5.74, 6) is 0.872. The van der Waals surface area contributed by atoms with Crippen molar-refractivity contribution in [2.45, 2.75) is 24.8 Å². The highest BCUT2D eigenvalue weighted by molar-refractivity contribution is 5.30. The summed E-state index contributed by atoms with van der Waals surface area (Å²) >= 11 is 0. The van der Waals surface area contributed by atoms with Crippen molar-refractivity contribution < 1.29 is 0 Å². The van der Waals surface area contributed by atoms with Gasteiger partial charge in [0.25, 0.3) is 0 Å². The minimum absolute atomic E-state index is 0.557. The Morgan fingerprint density at radius 1 is 1.12 bits per heavy atom. The van der Waals surface area contributed by atoms with E-state index in [2.05, 4.69) is 41.5 Å². The van der Waals surface area contributed by atoms with Crippen molar-refractivity contribution in [3.05, 3.63) is 35.4 Å². The van der Waals surface area contributed by atoms with Crippen molar-refractivity contribution in [3.63, 3.8) is 0 Å². The Morgan fingerprint density at radius 3 is 2.44 bits per heavy atom. The third-order valence-electron chi connectivity index (χ3n) is 3.88. The molecular formula is C14H20N2. The lowest BCUT2D eigenvalue weighted by molar-refractivity contribution is 0.202. The van der Waals surface area contributed by atoms with Crippen LogP contribution in [0.3, 0.4) is 0 Å². The molecule has 1 aliphatic carbocycles. The van der Waals surface area contributed by atoms with Crippen molar-refractivity contribution in [3.8, 4) is 0 Å². The Balaban J connectivity index is 1.77. The molecule has 2 heteroatoms. The first kappa shape index (κ1) is 10.3. The highest BCUT2D eigenvalue weighted by Gasteiger charge is 2.24. The molecule has 1 heterocycles. The first-order valence-corrected chi connectivity index (χ1v) is 6.35. The minimum Gasteiger partial charge on any atom is -0.314 e. The smallest absolute Gasteiger partial charge is 0.0470 e. The SMILES string of the molecule is CN1CCNCC1c1ccc(C2CC2)cc1. The Bertz CT molecular complexity index is 354. The topological polar surface area (TPSA) is 15.3 Å². The van der Waals surface area contributed by atoms with Crippen molar-refractivity contribution in [2.75, 3.05) is 26.7 Å². The maximum Gasteiger partial charge on any atom is 0.0470 e. The molecule has 1 aromatic carbocycles. The lowest BCUT2D eigenvalue weighted by Crippen LogP contribution is -2.43. The van der Waals surface area contributed by atoms with Gasteiger partial charge in [-0.2, -0.15) is 0 Å². The van der Waals surface area contributed by atoms with Crippen LogP contribution in [-0.2, 0) is 0 Å². The number of likely N-dealkylation sites (N-methyl/N-ethyl adjacent to an activating group) is 1. The van der Waals surface area contributed by atoms with Crippen LogP contribution in [0.2, 0.25) is 0 Å². The highest BCUT2D eigenvalue weighted by Crippen LogP contribution is 2.40. The Labute approximate surface area is 97.6 Å². The zero-order valence-corrected chi connectivity index (χ0v) is 9.95. The fraction of sp³-hybridized carbons (Fsp3) is 0.571. The number of piperazine rings is 1. The van der Waals surface area contributed by atoms with E-state index < -0.39 is 0 Å². The van der Waals surface area contributed by atoms with Crippen LogP contribution in [0.1, 0.15) is 35.9 Å². The normalized spacial score (nSPS) is 26.9. The predicted octanol–water partition coefficient (Wildman–Crippen LogP) is 2.14. The molecule has 2 aliphatic rings. The molecule has 1 N–H and O–H groups in total. The lowest BCUT2D eigenvalue weighted by atomic mass is 10.0. The molecular weight excluding hydrogens is 196 g/mol. The standard InChI is InChI=1S/C14H20N2/c1-16-9-8-15-10-14(16)13-6-4-12(5-7-13)11-2-3-11/h4-7,11,14-15H,2-3,8-10H2,1H3. The fourth-order valence-electron chi connectivity index (χ4n) is 2.59. The fourth-order valence-corrected chi connectivity index (χ4v) is 2.59. The van der Waals surface area contributed by atoms with Gasteiger partial charge >= 0.3 is 0 Å². The van der Waals surface area contributed by atoms with Gasteiger partial charge in [-0.25, -0.2) is 0 Å². The summed E-state index contributed by atoms with van der Waals surface area (Å²) in [4.78, 5) is 2.45. The summed E-state index contributed by atoms with van der Waals surface area (Å²) in [7, 11) is 2.22. The van der Waals surface area contributed by atoms with Crippen LogP contribution in [0.15, 0.2) is 24.3 Å². The number of benzene rings is 1. The van der Waals surface area contributed by atoms with E-state index in [1.54, 1.807) is 0 Å². The van der Waals surface area contributed by atoms with Gasteiger partial charge in [0, 0.05) is 25.7 Å². The van der Waals surface area contributed by atoms with Gasteiger partial charge in [-0.05, 0) is 36.9 Å². The summed E-state index contributed by atoms with van der Waals surface area (Å²) < 4.78 is 0. The van der Waals surface area contributed by atoms with Crippen LogP contribution >= 0.6 is 0 Å². The van der Waals surface area contributed by atoms with Crippen molar-refractivity contribution >= 4 is 0 Å². The van der Waals surface area contributed by atoms with Crippen LogP contribution in [0, 0.1) is 0 Å². The van der Waals surface area contributed by atoms with Crippen molar-refractivity contribution in [1.29, 1.82) is 0 Å². The minimum atomic E-state index is 0.557. The number of nitrogens with one attached hydrogen (secondary N) is 1. The number of nitrogens with zero attached hydrogens (tertiary/aromatic N) is 1. The maximum absolute atomic E-state index is 3.47. The van der Waals surface area contributed by atoms with Gasteiger partial charge in [0.1, 0.15) is 0 Å². The number of rotatable bonds is 2. The molecule has 3 rings (SSSR count). The van der Waals surface area contributed by atoms with E-state index in [0.29, 0.717) is 6.04 Å². The molecule has 2 nitrogen and oxygen atoms in total. The molecule has 1 unspecified atom stereocenters. The van der Waals surface area contributed by atoms with E-state index >= 15 is 0 Å². The average molecular weight is 216 g/mol. The third-order valence-corrected chi connectivity index (χ3v) is 3.88. The quantitative estimate of drug-likeness (QED) is 0.815. The number of hydrogen-bond donors (Lipinski definition) is 1. The first-order chi connectivity index (χ1) is 7.84. The van der Waals surface area contributed by atoms with E-state index in [0.717, 1.165) is 25.6 Å². The molecule has 1 atom stereocenters. The second kappa shape index (κ2) is 4.19. The molecule has 1 aromatic rings. The van der Waals surface area contributed by atoms with Crippen LogP contribution < -0.4 is 5.32 Å². The zero-order valence-electron chi connectivity index (χ0n) is 9.95. The van der Waals surface area contributed by atoms with Crippen molar-refractivity contribution in [2.24, 2.45) is 0 Å². The largest absolute Gasteiger partial charge is 0.314 e. The second-order valence-electron chi connectivity index (χ2n) is 5.14. The summed E-state index contributed by atoms with van der Waals surface area (Å²) in [6, 6.07) is 9.86. The van der Waals surface area contributed by atoms with E-state index in [1.807, 2.05) is 0 Å². The molecule has 0 bridgehead atoms. The third kappa shape index (κ3) is 2.00. The Morgan fingerprint density at radius 2 is 1.81 bits per heavy atom. The second-order valence-corrected chi connectivity index (χ2v) is 5.14. The van der Waals surface area contributed by atoms with E-state index in [4.69, 9.17) is 0 Å². The van der Waals surface area contributed by atoms with Crippen molar-refractivity contribution in [1.82, 2.24) is 10.2 Å². The summed E-state index contributed by atoms with van der Waals surface area (Å²) in [5.41, 5.74) is 2.99. The maximum atomic E-state index is 3.47. The van der Waals surface area contributed by atoms with Crippen LogP contribution in [0.4, 0.5) is 0 Å². The van der Waals surface area contributed by atoms with Crippen LogP contribution in [0.25, 0.3) is 0 Å². The molecule has 1 aliphatic heterocycles. The molecule has 1 saturated heterocycles. The molecule has 16 heavy (non-hydrogen) atoms. The average Bonchev–Trinajstić information content (AvgIpc) is 3.14. The Kier molecular flexibility index (Phi) is 2.70. The Hall–Kier alpha value is -0.860. The summed E-state index contributed by atoms with van der Waals surface area (Å²) in [6.45, 7) is 3.35. The first-order valence-electron chi connectivity index (χ1n) is 6.35. The molecule has 0 amide bonds. The molecule has 86 valence electrons. The zero-order chi connectivity index (χ0) is 11.0. The number of hydrogen-bond acceptors (Lipinski definition) is 2. The molecule has 1 saturated carbocycles. The predicted molar refractivity (Wildman–Crippen MR) is 66.7 cm³/mol. The van der Waals surface area contributed by atoms with Gasteiger partial charge in [0.2, 0.25) is 0 Å². The van der Waals surface area contributed by atoms with E-state index in [-0.39, 0.29) is 0 Å². The van der Waals surface area contributed by atoms with Gasteiger partial charge in [-0.3, -0.25) is 4.90 Å². The van der Waals surface area contributed by atoms with Gasteiger partial charge in [0.05, 0.1) is 0 Å². The highest BCUT2D eigenvalue weighted by atomic mass is 15.2. The summed E-state index contributed by atoms with van der Waals surface area (Å²) in [6.07, 6.45) is 2.79. The van der Waals surface area contributed by atoms with Gasteiger partial charge in [0.15, 0.2) is 0 Å². The van der Waals surface area contributed by atoms with Crippen LogP contribution in [-0.4, -0.2) is 31.6 Å². The van der Waals surface area contributed by atoms with Gasteiger partial charge in [-0.15, -0.1) is 0 Å². The van der Waals surface area contributed by atoms with Gasteiger partial charge < -0.3 is 5.32 Å².